The van der Waals surface area contributed by atoms with Crippen LogP contribution in [0.4, 0.5) is 0 Å². The summed E-state index contributed by atoms with van der Waals surface area (Å²) in [5.74, 6) is 0.358. The maximum absolute atomic E-state index is 12.9. The summed E-state index contributed by atoms with van der Waals surface area (Å²) in [7, 11) is 1.84. The Labute approximate surface area is 156 Å². The van der Waals surface area contributed by atoms with Gasteiger partial charge < -0.3 is 19.4 Å². The van der Waals surface area contributed by atoms with Gasteiger partial charge in [-0.1, -0.05) is 5.16 Å². The quantitative estimate of drug-likeness (QED) is 0.830. The lowest BCUT2D eigenvalue weighted by Crippen LogP contribution is -2.40. The van der Waals surface area contributed by atoms with E-state index >= 15 is 0 Å². The first-order chi connectivity index (χ1) is 12.8. The van der Waals surface area contributed by atoms with E-state index in [1.807, 2.05) is 14.0 Å². The van der Waals surface area contributed by atoms with Crippen LogP contribution in [0.1, 0.15) is 23.1 Å². The number of fused-ring (bicyclic) bond motifs is 1. The molecule has 0 aromatic carbocycles. The minimum absolute atomic E-state index is 0.00286. The molecular formula is C18H23N5O4. The first kappa shape index (κ1) is 17.7. The molecule has 0 saturated carbocycles. The molecule has 2 aromatic heterocycles. The summed E-state index contributed by atoms with van der Waals surface area (Å²) >= 11 is 0. The Hall–Kier alpha value is -2.68. The second-order valence-corrected chi connectivity index (χ2v) is 7.65. The van der Waals surface area contributed by atoms with Gasteiger partial charge in [-0.25, -0.2) is 0 Å². The predicted octanol–water partition coefficient (Wildman–Crippen LogP) is 0.296. The molecule has 0 bridgehead atoms. The summed E-state index contributed by atoms with van der Waals surface area (Å²) in [5, 5.41) is 18.1. The van der Waals surface area contributed by atoms with Gasteiger partial charge in [0.2, 0.25) is 5.91 Å². The molecule has 2 aliphatic heterocycles. The molecule has 9 heteroatoms. The molecule has 0 aliphatic carbocycles. The van der Waals surface area contributed by atoms with Gasteiger partial charge in [0.1, 0.15) is 0 Å². The van der Waals surface area contributed by atoms with Gasteiger partial charge in [0.05, 0.1) is 18.4 Å². The normalized spacial score (nSPS) is 24.5. The number of hydrogen-bond donors (Lipinski definition) is 1. The van der Waals surface area contributed by atoms with Gasteiger partial charge in [-0.05, 0) is 6.92 Å². The van der Waals surface area contributed by atoms with Gasteiger partial charge in [0.15, 0.2) is 11.5 Å². The Kier molecular flexibility index (Phi) is 4.06. The molecule has 0 unspecified atom stereocenters. The van der Waals surface area contributed by atoms with Crippen molar-refractivity contribution in [2.24, 2.45) is 18.4 Å². The van der Waals surface area contributed by atoms with Crippen LogP contribution >= 0.6 is 0 Å². The molecule has 4 heterocycles. The van der Waals surface area contributed by atoms with Gasteiger partial charge in [-0.2, -0.15) is 5.10 Å². The third kappa shape index (κ3) is 2.73. The highest BCUT2D eigenvalue weighted by Gasteiger charge is 2.54. The Morgan fingerprint density at radius 2 is 2.04 bits per heavy atom. The average Bonchev–Trinajstić information content (AvgIpc) is 3.37. The fourth-order valence-corrected chi connectivity index (χ4v) is 4.20. The third-order valence-corrected chi connectivity index (χ3v) is 6.04. The van der Waals surface area contributed by atoms with Crippen LogP contribution in [0.25, 0.3) is 11.3 Å². The molecular weight excluding hydrogens is 350 g/mol. The number of aliphatic hydroxyl groups excluding tert-OH is 1. The number of hydrogen-bond acceptors (Lipinski definition) is 6. The Morgan fingerprint density at radius 3 is 2.63 bits per heavy atom. The predicted molar refractivity (Wildman–Crippen MR) is 94.6 cm³/mol. The summed E-state index contributed by atoms with van der Waals surface area (Å²) in [5.41, 5.74) is 1.51. The van der Waals surface area contributed by atoms with E-state index < -0.39 is 5.41 Å². The number of rotatable bonds is 3. The molecule has 144 valence electrons. The number of likely N-dealkylation sites (tertiary alicyclic amines) is 2. The maximum atomic E-state index is 12.9. The molecule has 0 radical (unpaired) electrons. The highest BCUT2D eigenvalue weighted by Crippen LogP contribution is 2.42. The lowest BCUT2D eigenvalue weighted by atomic mass is 9.82. The van der Waals surface area contributed by atoms with E-state index in [1.54, 1.807) is 26.7 Å². The number of carbonyl (C=O) groups is 2. The number of aryl methyl sites for hydroxylation is 1. The van der Waals surface area contributed by atoms with E-state index in [4.69, 9.17) is 4.52 Å². The monoisotopic (exact) mass is 373 g/mol. The van der Waals surface area contributed by atoms with E-state index in [0.717, 1.165) is 11.3 Å². The van der Waals surface area contributed by atoms with Crippen LogP contribution in [0, 0.1) is 18.3 Å². The first-order valence-corrected chi connectivity index (χ1v) is 8.96. The first-order valence-electron chi connectivity index (χ1n) is 8.96. The van der Waals surface area contributed by atoms with E-state index in [-0.39, 0.29) is 30.0 Å². The minimum Gasteiger partial charge on any atom is -0.396 e. The molecule has 2 aliphatic rings. The summed E-state index contributed by atoms with van der Waals surface area (Å²) in [6, 6.07) is 1.63. The molecule has 9 nitrogen and oxygen atoms in total. The fraction of sp³-hybridized carbons (Fsp3) is 0.556. The van der Waals surface area contributed by atoms with Crippen molar-refractivity contribution in [3.8, 4) is 11.3 Å². The SMILES string of the molecule is CC(=O)N1C[C@@H]2CN(C(=O)c3cc(-c4cnn(C)c4C)on3)C[C@]2(CO)C1. The van der Waals surface area contributed by atoms with Crippen molar-refractivity contribution in [1.82, 2.24) is 24.7 Å². The summed E-state index contributed by atoms with van der Waals surface area (Å²) in [6.07, 6.45) is 1.68. The van der Waals surface area contributed by atoms with Crippen molar-refractivity contribution in [1.29, 1.82) is 0 Å². The zero-order valence-electron chi connectivity index (χ0n) is 15.7. The Morgan fingerprint density at radius 1 is 1.33 bits per heavy atom. The largest absolute Gasteiger partial charge is 0.396 e. The summed E-state index contributed by atoms with van der Waals surface area (Å²) in [6.45, 7) is 5.35. The molecule has 4 rings (SSSR count). The van der Waals surface area contributed by atoms with Crippen molar-refractivity contribution in [3.63, 3.8) is 0 Å². The van der Waals surface area contributed by atoms with Gasteiger partial charge in [-0.15, -0.1) is 0 Å². The molecule has 27 heavy (non-hydrogen) atoms. The Balaban J connectivity index is 1.52. The van der Waals surface area contributed by atoms with Gasteiger partial charge >= 0.3 is 0 Å². The van der Waals surface area contributed by atoms with E-state index in [1.165, 1.54) is 6.92 Å². The van der Waals surface area contributed by atoms with Crippen molar-refractivity contribution < 1.29 is 19.2 Å². The highest BCUT2D eigenvalue weighted by molar-refractivity contribution is 5.93. The topological polar surface area (TPSA) is 105 Å². The summed E-state index contributed by atoms with van der Waals surface area (Å²) in [4.78, 5) is 28.0. The standard InChI is InChI=1S/C18H23N5O4/c1-11-14(5-19-21(11)3)16-4-15(20-27-16)17(26)23-7-13-6-22(12(2)25)8-18(13,9-23)10-24/h4-5,13,24H,6-10H2,1-3H3/t13-,18+/m1/s1. The van der Waals surface area contributed by atoms with Gasteiger partial charge in [0.25, 0.3) is 5.91 Å². The number of aromatic nitrogens is 3. The fourth-order valence-electron chi connectivity index (χ4n) is 4.20. The zero-order chi connectivity index (χ0) is 19.3. The highest BCUT2D eigenvalue weighted by atomic mass is 16.5. The van der Waals surface area contributed by atoms with Crippen molar-refractivity contribution in [3.05, 3.63) is 23.7 Å². The second-order valence-electron chi connectivity index (χ2n) is 7.65. The number of carbonyl (C=O) groups excluding carboxylic acids is 2. The minimum atomic E-state index is -0.451. The van der Waals surface area contributed by atoms with Crippen LogP contribution < -0.4 is 0 Å². The molecule has 2 atom stereocenters. The lowest BCUT2D eigenvalue weighted by molar-refractivity contribution is -0.128. The average molecular weight is 373 g/mol. The van der Waals surface area contributed by atoms with E-state index in [0.29, 0.717) is 31.9 Å². The maximum Gasteiger partial charge on any atom is 0.276 e. The molecule has 2 saturated heterocycles. The zero-order valence-corrected chi connectivity index (χ0v) is 15.7. The molecule has 2 fully saturated rings. The number of aliphatic hydroxyl groups is 1. The third-order valence-electron chi connectivity index (χ3n) is 6.04. The van der Waals surface area contributed by atoms with Crippen LogP contribution in [-0.4, -0.2) is 74.4 Å². The van der Waals surface area contributed by atoms with Crippen LogP contribution in [0.2, 0.25) is 0 Å². The molecule has 0 spiro atoms. The van der Waals surface area contributed by atoms with Crippen LogP contribution in [0.5, 0.6) is 0 Å². The van der Waals surface area contributed by atoms with Crippen molar-refractivity contribution in [2.75, 3.05) is 32.8 Å². The van der Waals surface area contributed by atoms with E-state index in [2.05, 4.69) is 10.3 Å². The van der Waals surface area contributed by atoms with Crippen molar-refractivity contribution >= 4 is 11.8 Å². The molecule has 1 N–H and O–H groups in total. The smallest absolute Gasteiger partial charge is 0.276 e. The van der Waals surface area contributed by atoms with Crippen LogP contribution in [0.15, 0.2) is 16.8 Å². The molecule has 2 amide bonds. The lowest BCUT2D eigenvalue weighted by Gasteiger charge is -2.26. The van der Waals surface area contributed by atoms with Crippen LogP contribution in [-0.2, 0) is 11.8 Å². The van der Waals surface area contributed by atoms with Crippen LogP contribution in [0.3, 0.4) is 0 Å². The summed E-state index contributed by atoms with van der Waals surface area (Å²) < 4.78 is 7.10. The van der Waals surface area contributed by atoms with Gasteiger partial charge in [0, 0.05) is 63.2 Å². The Bertz CT molecular complexity index is 903. The van der Waals surface area contributed by atoms with Gasteiger partial charge in [-0.3, -0.25) is 14.3 Å². The molecule has 2 aromatic rings. The van der Waals surface area contributed by atoms with Crippen molar-refractivity contribution in [2.45, 2.75) is 13.8 Å². The number of amides is 2. The van der Waals surface area contributed by atoms with E-state index in [9.17, 15) is 14.7 Å². The second kappa shape index (κ2) is 6.19. The number of nitrogens with zero attached hydrogens (tertiary/aromatic N) is 5.